The van der Waals surface area contributed by atoms with Gasteiger partial charge in [-0.1, -0.05) is 52.9 Å². The second kappa shape index (κ2) is 8.25. The number of unbranched alkanes of at least 4 members (excludes halogenated alkanes) is 5. The number of phosphoric ester groups is 1. The molecular weight excluding hydrogens is 239 g/mol. The van der Waals surface area contributed by atoms with Crippen LogP contribution < -0.4 is 0 Å². The summed E-state index contributed by atoms with van der Waals surface area (Å²) < 4.78 is 14.7. The van der Waals surface area contributed by atoms with E-state index in [1.807, 2.05) is 0 Å². The van der Waals surface area contributed by atoms with Gasteiger partial charge in [0.2, 0.25) is 0 Å². The molecule has 0 aliphatic rings. The number of hydrogen-bond donors (Lipinski definition) is 2. The summed E-state index contributed by atoms with van der Waals surface area (Å²) in [5.41, 5.74) is 0.428. The summed E-state index contributed by atoms with van der Waals surface area (Å²) in [6, 6.07) is 0. The average Bonchev–Trinajstić information content (AvgIpc) is 2.11. The molecule has 0 fully saturated rings. The molecule has 0 saturated heterocycles. The van der Waals surface area contributed by atoms with E-state index in [0.29, 0.717) is 5.41 Å². The van der Waals surface area contributed by atoms with E-state index in [9.17, 15) is 4.57 Å². The Morgan fingerprint density at radius 2 is 1.41 bits per heavy atom. The van der Waals surface area contributed by atoms with Crippen LogP contribution in [0.1, 0.15) is 65.7 Å². The van der Waals surface area contributed by atoms with Crippen LogP contribution in [0.5, 0.6) is 0 Å². The van der Waals surface area contributed by atoms with Gasteiger partial charge in [-0.25, -0.2) is 4.57 Å². The molecule has 0 atom stereocenters. The molecule has 4 nitrogen and oxygen atoms in total. The Balaban J connectivity index is 3.17. The molecule has 0 aliphatic carbocycles. The Morgan fingerprint density at radius 1 is 0.941 bits per heavy atom. The van der Waals surface area contributed by atoms with E-state index in [2.05, 4.69) is 25.3 Å². The third kappa shape index (κ3) is 16.1. The zero-order valence-corrected chi connectivity index (χ0v) is 12.2. The van der Waals surface area contributed by atoms with Crippen molar-refractivity contribution in [2.24, 2.45) is 5.41 Å². The summed E-state index contributed by atoms with van der Waals surface area (Å²) in [4.78, 5) is 16.9. The van der Waals surface area contributed by atoms with E-state index >= 15 is 0 Å². The van der Waals surface area contributed by atoms with Gasteiger partial charge in [0.25, 0.3) is 0 Å². The Morgan fingerprint density at radius 3 is 1.88 bits per heavy atom. The molecular formula is C12H27O4P. The molecule has 0 aliphatic heterocycles. The predicted octanol–water partition coefficient (Wildman–Crippen LogP) is 3.87. The molecule has 0 spiro atoms. The minimum Gasteiger partial charge on any atom is -0.303 e. The third-order valence-electron chi connectivity index (χ3n) is 2.58. The molecule has 0 radical (unpaired) electrons. The van der Waals surface area contributed by atoms with Gasteiger partial charge in [-0.3, -0.25) is 4.52 Å². The summed E-state index contributed by atoms with van der Waals surface area (Å²) in [5, 5.41) is 0. The number of rotatable bonds is 9. The van der Waals surface area contributed by atoms with E-state index < -0.39 is 7.82 Å². The largest absolute Gasteiger partial charge is 0.469 e. The zero-order chi connectivity index (χ0) is 13.4. The van der Waals surface area contributed by atoms with Crippen LogP contribution in [0.3, 0.4) is 0 Å². The fourth-order valence-corrected chi connectivity index (χ4v) is 2.01. The van der Waals surface area contributed by atoms with Crippen molar-refractivity contribution in [3.05, 3.63) is 0 Å². The van der Waals surface area contributed by atoms with E-state index in [1.54, 1.807) is 0 Å². The second-order valence-corrected chi connectivity index (χ2v) is 7.00. The Kier molecular flexibility index (Phi) is 8.31. The molecule has 0 rings (SSSR count). The van der Waals surface area contributed by atoms with Crippen molar-refractivity contribution in [1.82, 2.24) is 0 Å². The molecule has 0 heterocycles. The summed E-state index contributed by atoms with van der Waals surface area (Å²) in [7, 11) is -4.25. The standard InChI is InChI=1S/C12H27O4P/c1-12(2,3)10-8-6-4-5-7-9-11-16-17(13,14)15/h4-11H2,1-3H3,(H2,13,14,15). The van der Waals surface area contributed by atoms with Gasteiger partial charge in [-0.2, -0.15) is 0 Å². The van der Waals surface area contributed by atoms with Crippen molar-refractivity contribution in [1.29, 1.82) is 0 Å². The van der Waals surface area contributed by atoms with Crippen LogP contribution >= 0.6 is 7.82 Å². The lowest BCUT2D eigenvalue weighted by atomic mass is 9.89. The van der Waals surface area contributed by atoms with Crippen LogP contribution in [-0.2, 0) is 9.09 Å². The second-order valence-electron chi connectivity index (χ2n) is 5.76. The Hall–Kier alpha value is 0.110. The van der Waals surface area contributed by atoms with Gasteiger partial charge >= 0.3 is 7.82 Å². The maximum absolute atomic E-state index is 10.4. The van der Waals surface area contributed by atoms with E-state index in [-0.39, 0.29) is 6.61 Å². The van der Waals surface area contributed by atoms with Crippen LogP contribution in [0.4, 0.5) is 0 Å². The van der Waals surface area contributed by atoms with Gasteiger partial charge < -0.3 is 9.79 Å². The van der Waals surface area contributed by atoms with Crippen molar-refractivity contribution in [2.75, 3.05) is 6.61 Å². The first-order valence-electron chi connectivity index (χ1n) is 6.41. The topological polar surface area (TPSA) is 66.8 Å². The fraction of sp³-hybridized carbons (Fsp3) is 1.00. The molecule has 0 aromatic carbocycles. The lowest BCUT2D eigenvalue weighted by molar-refractivity contribution is 0.193. The van der Waals surface area contributed by atoms with Gasteiger partial charge in [0, 0.05) is 0 Å². The molecule has 104 valence electrons. The van der Waals surface area contributed by atoms with E-state index in [4.69, 9.17) is 9.79 Å². The minimum atomic E-state index is -4.25. The van der Waals surface area contributed by atoms with Crippen molar-refractivity contribution in [3.63, 3.8) is 0 Å². The Labute approximate surface area is 105 Å². The Bertz CT molecular complexity index is 229. The van der Waals surface area contributed by atoms with Crippen LogP contribution in [0, 0.1) is 5.41 Å². The summed E-state index contributed by atoms with van der Waals surface area (Å²) in [5.74, 6) is 0. The third-order valence-corrected chi connectivity index (χ3v) is 3.10. The SMILES string of the molecule is CC(C)(C)CCCCCCCCOP(=O)(O)O. The van der Waals surface area contributed by atoms with E-state index in [1.165, 1.54) is 25.7 Å². The van der Waals surface area contributed by atoms with Crippen molar-refractivity contribution in [3.8, 4) is 0 Å². The summed E-state index contributed by atoms with van der Waals surface area (Å²) >= 11 is 0. The molecule has 2 N–H and O–H groups in total. The molecule has 0 saturated carbocycles. The number of phosphoric acid groups is 1. The van der Waals surface area contributed by atoms with Crippen LogP contribution in [0.2, 0.25) is 0 Å². The maximum Gasteiger partial charge on any atom is 0.469 e. The maximum atomic E-state index is 10.4. The lowest BCUT2D eigenvalue weighted by Gasteiger charge is -2.17. The quantitative estimate of drug-likeness (QED) is 0.491. The van der Waals surface area contributed by atoms with Gasteiger partial charge in [0.15, 0.2) is 0 Å². The molecule has 17 heavy (non-hydrogen) atoms. The summed E-state index contributed by atoms with van der Waals surface area (Å²) in [6.07, 6.45) is 7.80. The van der Waals surface area contributed by atoms with Gasteiger partial charge in [0.05, 0.1) is 6.61 Å². The van der Waals surface area contributed by atoms with Crippen LogP contribution in [0.25, 0.3) is 0 Å². The minimum absolute atomic E-state index is 0.159. The highest BCUT2D eigenvalue weighted by Crippen LogP contribution is 2.35. The zero-order valence-electron chi connectivity index (χ0n) is 11.3. The molecule has 0 unspecified atom stereocenters. The number of hydrogen-bond acceptors (Lipinski definition) is 2. The fourth-order valence-electron chi connectivity index (χ4n) is 1.65. The van der Waals surface area contributed by atoms with Crippen molar-refractivity contribution >= 4 is 7.82 Å². The lowest BCUT2D eigenvalue weighted by Crippen LogP contribution is -2.03. The predicted molar refractivity (Wildman–Crippen MR) is 69.8 cm³/mol. The van der Waals surface area contributed by atoms with Crippen molar-refractivity contribution in [2.45, 2.75) is 65.7 Å². The smallest absolute Gasteiger partial charge is 0.303 e. The highest BCUT2D eigenvalue weighted by molar-refractivity contribution is 7.46. The van der Waals surface area contributed by atoms with E-state index in [0.717, 1.165) is 19.3 Å². The first kappa shape index (κ1) is 17.1. The highest BCUT2D eigenvalue weighted by atomic mass is 31.2. The van der Waals surface area contributed by atoms with Gasteiger partial charge in [-0.05, 0) is 18.3 Å². The molecule has 0 aromatic heterocycles. The monoisotopic (exact) mass is 266 g/mol. The molecule has 0 amide bonds. The summed E-state index contributed by atoms with van der Waals surface area (Å²) in [6.45, 7) is 6.93. The first-order chi connectivity index (χ1) is 7.71. The van der Waals surface area contributed by atoms with Crippen molar-refractivity contribution < 1.29 is 18.9 Å². The molecule has 5 heteroatoms. The highest BCUT2D eigenvalue weighted by Gasteiger charge is 2.12. The first-order valence-corrected chi connectivity index (χ1v) is 7.94. The van der Waals surface area contributed by atoms with Gasteiger partial charge in [-0.15, -0.1) is 0 Å². The van der Waals surface area contributed by atoms with Crippen LogP contribution in [0.15, 0.2) is 0 Å². The average molecular weight is 266 g/mol. The van der Waals surface area contributed by atoms with Crippen LogP contribution in [-0.4, -0.2) is 16.4 Å². The molecule has 0 bridgehead atoms. The molecule has 0 aromatic rings. The van der Waals surface area contributed by atoms with Gasteiger partial charge in [0.1, 0.15) is 0 Å². The normalized spacial score (nSPS) is 13.0.